The van der Waals surface area contributed by atoms with Gasteiger partial charge in [0.05, 0.1) is 5.69 Å². The Balaban J connectivity index is 2.73. The lowest BCUT2D eigenvalue weighted by Gasteiger charge is -2.05. The van der Waals surface area contributed by atoms with Crippen molar-refractivity contribution in [3.05, 3.63) is 45.2 Å². The molecule has 1 aromatic heterocycles. The zero-order chi connectivity index (χ0) is 13.3. The lowest BCUT2D eigenvalue weighted by Crippen LogP contribution is -2.20. The Morgan fingerprint density at radius 1 is 1.33 bits per heavy atom. The Bertz CT molecular complexity index is 641. The molecule has 1 heterocycles. The van der Waals surface area contributed by atoms with Gasteiger partial charge in [-0.25, -0.2) is 4.68 Å². The van der Waals surface area contributed by atoms with E-state index in [2.05, 4.69) is 5.10 Å². The van der Waals surface area contributed by atoms with Crippen molar-refractivity contribution in [3.8, 4) is 11.3 Å². The number of hydrogen-bond acceptors (Lipinski definition) is 2. The molecule has 94 valence electrons. The van der Waals surface area contributed by atoms with E-state index >= 15 is 0 Å². The number of carbonyl (C=O) groups excluding carboxylic acids is 1. The van der Waals surface area contributed by atoms with E-state index in [-0.39, 0.29) is 17.2 Å². The average molecular weight is 265 g/mol. The molecule has 0 amide bonds. The lowest BCUT2D eigenvalue weighted by molar-refractivity contribution is 0.112. The van der Waals surface area contributed by atoms with Gasteiger partial charge in [-0.15, -0.1) is 0 Å². The minimum atomic E-state index is -0.324. The molecule has 0 bridgehead atoms. The number of benzene rings is 1. The van der Waals surface area contributed by atoms with Crippen LogP contribution in [0.15, 0.2) is 29.1 Å². The number of carbonyl (C=O) groups is 1. The largest absolute Gasteiger partial charge is 0.298 e. The molecule has 18 heavy (non-hydrogen) atoms. The normalized spacial score (nSPS) is 10.9. The highest BCUT2D eigenvalue weighted by atomic mass is 35.5. The highest BCUT2D eigenvalue weighted by molar-refractivity contribution is 6.33. The van der Waals surface area contributed by atoms with Crippen molar-refractivity contribution >= 4 is 17.9 Å². The molecule has 0 atom stereocenters. The highest BCUT2D eigenvalue weighted by Gasteiger charge is 2.17. The fourth-order valence-corrected chi connectivity index (χ4v) is 2.04. The van der Waals surface area contributed by atoms with Gasteiger partial charge in [0.1, 0.15) is 5.56 Å². The molecule has 4 nitrogen and oxygen atoms in total. The summed E-state index contributed by atoms with van der Waals surface area (Å²) in [6.45, 7) is 3.73. The molecule has 5 heteroatoms. The number of halogens is 1. The zero-order valence-corrected chi connectivity index (χ0v) is 10.9. The van der Waals surface area contributed by atoms with Crippen LogP contribution < -0.4 is 5.56 Å². The smallest absolute Gasteiger partial charge is 0.277 e. The fraction of sp³-hybridized carbons (Fsp3) is 0.231. The molecule has 0 aliphatic rings. The summed E-state index contributed by atoms with van der Waals surface area (Å²) >= 11 is 6.08. The molecule has 2 aromatic rings. The van der Waals surface area contributed by atoms with Crippen molar-refractivity contribution in [2.45, 2.75) is 19.9 Å². The zero-order valence-electron chi connectivity index (χ0n) is 10.1. The maximum Gasteiger partial charge on any atom is 0.277 e. The van der Waals surface area contributed by atoms with E-state index in [1.807, 2.05) is 13.8 Å². The second-order valence-corrected chi connectivity index (χ2v) is 4.67. The summed E-state index contributed by atoms with van der Waals surface area (Å²) in [7, 11) is 0. The number of aromatic nitrogens is 2. The minimum Gasteiger partial charge on any atom is -0.298 e. The van der Waals surface area contributed by atoms with E-state index in [1.165, 1.54) is 4.68 Å². The molecular formula is C13H13ClN2O2. The summed E-state index contributed by atoms with van der Waals surface area (Å²) in [6.07, 6.45) is 0.566. The summed E-state index contributed by atoms with van der Waals surface area (Å²) in [5, 5.41) is 3.44. The van der Waals surface area contributed by atoms with Crippen molar-refractivity contribution in [2.75, 3.05) is 0 Å². The predicted octanol–water partition coefficient (Wildman–Crippen LogP) is 2.89. The molecule has 0 spiro atoms. The van der Waals surface area contributed by atoms with Crippen molar-refractivity contribution in [1.29, 1.82) is 0 Å². The van der Waals surface area contributed by atoms with Gasteiger partial charge in [0, 0.05) is 16.6 Å². The first-order chi connectivity index (χ1) is 8.56. The third kappa shape index (κ3) is 1.99. The number of rotatable bonds is 3. The van der Waals surface area contributed by atoms with E-state index < -0.39 is 0 Å². The summed E-state index contributed by atoms with van der Waals surface area (Å²) in [6, 6.07) is 7.04. The number of aromatic amines is 1. The van der Waals surface area contributed by atoms with Gasteiger partial charge in [-0.3, -0.25) is 14.7 Å². The Morgan fingerprint density at radius 3 is 2.56 bits per heavy atom. The number of nitrogens with one attached hydrogen (secondary N) is 1. The van der Waals surface area contributed by atoms with Crippen LogP contribution in [0.4, 0.5) is 0 Å². The van der Waals surface area contributed by atoms with E-state index in [9.17, 15) is 9.59 Å². The Labute approximate surface area is 109 Å². The van der Waals surface area contributed by atoms with Gasteiger partial charge in [0.2, 0.25) is 0 Å². The highest BCUT2D eigenvalue weighted by Crippen LogP contribution is 2.27. The van der Waals surface area contributed by atoms with Crippen LogP contribution in [0.3, 0.4) is 0 Å². The van der Waals surface area contributed by atoms with Crippen LogP contribution in [0.2, 0.25) is 5.02 Å². The maximum atomic E-state index is 12.0. The Kier molecular flexibility index (Phi) is 3.39. The van der Waals surface area contributed by atoms with Crippen molar-refractivity contribution in [3.63, 3.8) is 0 Å². The first-order valence-electron chi connectivity index (χ1n) is 5.60. The van der Waals surface area contributed by atoms with Gasteiger partial charge in [-0.2, -0.15) is 0 Å². The van der Waals surface area contributed by atoms with E-state index in [0.29, 0.717) is 22.6 Å². The average Bonchev–Trinajstić information content (AvgIpc) is 2.67. The van der Waals surface area contributed by atoms with Crippen LogP contribution in [0.5, 0.6) is 0 Å². The number of aldehydes is 1. The summed E-state index contributed by atoms with van der Waals surface area (Å²) in [5.74, 6) is 0. The predicted molar refractivity (Wildman–Crippen MR) is 71.3 cm³/mol. The monoisotopic (exact) mass is 264 g/mol. The lowest BCUT2D eigenvalue weighted by atomic mass is 10.1. The van der Waals surface area contributed by atoms with Crippen LogP contribution in [0.1, 0.15) is 30.2 Å². The van der Waals surface area contributed by atoms with Gasteiger partial charge in [0.25, 0.3) is 5.56 Å². The molecule has 0 unspecified atom stereocenters. The SMILES string of the molecule is CC(C)n1[nH]c(-c2ccccc2Cl)c(C=O)c1=O. The molecule has 0 saturated carbocycles. The summed E-state index contributed by atoms with van der Waals surface area (Å²) < 4.78 is 1.42. The van der Waals surface area contributed by atoms with Crippen LogP contribution in [0.25, 0.3) is 11.3 Å². The minimum absolute atomic E-state index is 0.0487. The quantitative estimate of drug-likeness (QED) is 0.867. The fourth-order valence-electron chi connectivity index (χ4n) is 1.81. The van der Waals surface area contributed by atoms with Crippen LogP contribution >= 0.6 is 11.6 Å². The van der Waals surface area contributed by atoms with E-state index in [4.69, 9.17) is 11.6 Å². The van der Waals surface area contributed by atoms with Crippen molar-refractivity contribution < 1.29 is 4.79 Å². The van der Waals surface area contributed by atoms with Crippen molar-refractivity contribution in [2.24, 2.45) is 0 Å². The van der Waals surface area contributed by atoms with Crippen LogP contribution in [-0.2, 0) is 0 Å². The van der Waals surface area contributed by atoms with Gasteiger partial charge in [-0.05, 0) is 19.9 Å². The maximum absolute atomic E-state index is 12.0. The molecular weight excluding hydrogens is 252 g/mol. The third-order valence-corrected chi connectivity index (χ3v) is 3.06. The number of H-pyrrole nitrogens is 1. The van der Waals surface area contributed by atoms with Crippen LogP contribution in [-0.4, -0.2) is 16.1 Å². The van der Waals surface area contributed by atoms with E-state index in [0.717, 1.165) is 0 Å². The molecule has 1 aromatic carbocycles. The summed E-state index contributed by atoms with van der Waals surface area (Å²) in [5.41, 5.74) is 0.902. The summed E-state index contributed by atoms with van der Waals surface area (Å²) in [4.78, 5) is 23.1. The molecule has 0 fully saturated rings. The molecule has 0 saturated heterocycles. The molecule has 1 N–H and O–H groups in total. The molecule has 2 rings (SSSR count). The second kappa shape index (κ2) is 4.82. The van der Waals surface area contributed by atoms with Gasteiger partial charge in [0.15, 0.2) is 6.29 Å². The third-order valence-electron chi connectivity index (χ3n) is 2.73. The van der Waals surface area contributed by atoms with Gasteiger partial charge in [-0.1, -0.05) is 29.8 Å². The van der Waals surface area contributed by atoms with Crippen molar-refractivity contribution in [1.82, 2.24) is 9.78 Å². The first-order valence-corrected chi connectivity index (χ1v) is 5.98. The number of hydrogen-bond donors (Lipinski definition) is 1. The van der Waals surface area contributed by atoms with Crippen LogP contribution in [0, 0.1) is 0 Å². The molecule has 0 radical (unpaired) electrons. The Hall–Kier alpha value is -1.81. The molecule has 0 aliphatic carbocycles. The molecule has 0 aliphatic heterocycles. The number of nitrogens with zero attached hydrogens (tertiary/aromatic N) is 1. The van der Waals surface area contributed by atoms with E-state index in [1.54, 1.807) is 24.3 Å². The van der Waals surface area contributed by atoms with Gasteiger partial charge < -0.3 is 0 Å². The standard InChI is InChI=1S/C13H13ClN2O2/c1-8(2)16-13(18)10(7-17)12(15-16)9-5-3-4-6-11(9)14/h3-8,15H,1-2H3. The topological polar surface area (TPSA) is 54.9 Å². The second-order valence-electron chi connectivity index (χ2n) is 4.27. The first kappa shape index (κ1) is 12.6. The van der Waals surface area contributed by atoms with Gasteiger partial charge >= 0.3 is 0 Å². The Morgan fingerprint density at radius 2 is 2.00 bits per heavy atom.